The van der Waals surface area contributed by atoms with Gasteiger partial charge in [0.1, 0.15) is 0 Å². The lowest BCUT2D eigenvalue weighted by Crippen LogP contribution is -2.01. The van der Waals surface area contributed by atoms with E-state index in [0.29, 0.717) is 5.95 Å². The summed E-state index contributed by atoms with van der Waals surface area (Å²) in [6.45, 7) is 6.31. The Morgan fingerprint density at radius 3 is 2.61 bits per heavy atom. The second kappa shape index (κ2) is 7.28. The number of halogens is 1. The summed E-state index contributed by atoms with van der Waals surface area (Å²) in [5.74, 6) is 0.716. The Bertz CT molecular complexity index is 1200. The Balaban J connectivity index is 1.61. The van der Waals surface area contributed by atoms with Gasteiger partial charge < -0.3 is 9.13 Å². The van der Waals surface area contributed by atoms with E-state index in [9.17, 15) is 0 Å². The molecule has 6 heteroatoms. The molecule has 28 heavy (non-hydrogen) atoms. The SMILES string of the molecule is Cc1ccc(-n2c(C)cc(/C=N\Nc3nc4ccccc4n3C)c2C)cc1Br. The molecule has 0 aliphatic carbocycles. The first-order chi connectivity index (χ1) is 13.5. The van der Waals surface area contributed by atoms with Crippen LogP contribution in [0.3, 0.4) is 0 Å². The van der Waals surface area contributed by atoms with E-state index in [1.807, 2.05) is 42.1 Å². The Morgan fingerprint density at radius 2 is 1.86 bits per heavy atom. The third kappa shape index (κ3) is 3.24. The van der Waals surface area contributed by atoms with Crippen molar-refractivity contribution in [2.24, 2.45) is 12.1 Å². The van der Waals surface area contributed by atoms with Crippen molar-refractivity contribution in [3.63, 3.8) is 0 Å². The zero-order valence-corrected chi connectivity index (χ0v) is 17.9. The summed E-state index contributed by atoms with van der Waals surface area (Å²) in [6.07, 6.45) is 1.85. The first kappa shape index (κ1) is 18.5. The van der Waals surface area contributed by atoms with E-state index < -0.39 is 0 Å². The van der Waals surface area contributed by atoms with Gasteiger partial charge in [-0.2, -0.15) is 5.10 Å². The first-order valence-corrected chi connectivity index (χ1v) is 9.91. The minimum absolute atomic E-state index is 0.716. The third-order valence-electron chi connectivity index (χ3n) is 5.04. The molecular weight excluding hydrogens is 414 g/mol. The van der Waals surface area contributed by atoms with Gasteiger partial charge in [-0.3, -0.25) is 0 Å². The lowest BCUT2D eigenvalue weighted by atomic mass is 10.2. The molecular formula is C22H22BrN5. The van der Waals surface area contributed by atoms with Gasteiger partial charge in [0.15, 0.2) is 0 Å². The largest absolute Gasteiger partial charge is 0.318 e. The van der Waals surface area contributed by atoms with E-state index in [-0.39, 0.29) is 0 Å². The van der Waals surface area contributed by atoms with Crippen molar-refractivity contribution in [2.45, 2.75) is 20.8 Å². The minimum Gasteiger partial charge on any atom is -0.318 e. The quantitative estimate of drug-likeness (QED) is 0.339. The summed E-state index contributed by atoms with van der Waals surface area (Å²) in [5.41, 5.74) is 10.8. The van der Waals surface area contributed by atoms with Crippen LogP contribution in [0.15, 0.2) is 58.1 Å². The molecule has 4 rings (SSSR count). The van der Waals surface area contributed by atoms with Crippen molar-refractivity contribution in [3.8, 4) is 5.69 Å². The maximum absolute atomic E-state index is 4.58. The summed E-state index contributed by atoms with van der Waals surface area (Å²) in [6, 6.07) is 16.6. The highest BCUT2D eigenvalue weighted by Gasteiger charge is 2.11. The molecule has 0 fully saturated rings. The van der Waals surface area contributed by atoms with Crippen LogP contribution in [0.25, 0.3) is 16.7 Å². The monoisotopic (exact) mass is 435 g/mol. The number of nitrogens with zero attached hydrogens (tertiary/aromatic N) is 4. The topological polar surface area (TPSA) is 47.1 Å². The maximum atomic E-state index is 4.58. The number of hydrazone groups is 1. The molecule has 1 N–H and O–H groups in total. The van der Waals surface area contributed by atoms with Gasteiger partial charge in [-0.05, 0) is 56.7 Å². The smallest absolute Gasteiger partial charge is 0.224 e. The van der Waals surface area contributed by atoms with E-state index >= 15 is 0 Å². The number of rotatable bonds is 4. The van der Waals surface area contributed by atoms with Crippen molar-refractivity contribution in [2.75, 3.05) is 5.43 Å². The third-order valence-corrected chi connectivity index (χ3v) is 5.89. The van der Waals surface area contributed by atoms with Crippen molar-refractivity contribution >= 4 is 39.1 Å². The highest BCUT2D eigenvalue weighted by atomic mass is 79.9. The van der Waals surface area contributed by atoms with Crippen LogP contribution in [0.1, 0.15) is 22.5 Å². The normalized spacial score (nSPS) is 11.6. The van der Waals surface area contributed by atoms with Crippen LogP contribution in [0.5, 0.6) is 0 Å². The Morgan fingerprint density at radius 1 is 1.07 bits per heavy atom. The van der Waals surface area contributed by atoms with E-state index in [4.69, 9.17) is 0 Å². The highest BCUT2D eigenvalue weighted by molar-refractivity contribution is 9.10. The average Bonchev–Trinajstić information content (AvgIpc) is 3.14. The van der Waals surface area contributed by atoms with Crippen LogP contribution >= 0.6 is 15.9 Å². The predicted molar refractivity (Wildman–Crippen MR) is 120 cm³/mol. The van der Waals surface area contributed by atoms with E-state index in [0.717, 1.165) is 38.1 Å². The summed E-state index contributed by atoms with van der Waals surface area (Å²) in [7, 11) is 1.98. The predicted octanol–water partition coefficient (Wildman–Crippen LogP) is 5.50. The van der Waals surface area contributed by atoms with Crippen molar-refractivity contribution in [1.29, 1.82) is 0 Å². The fraction of sp³-hybridized carbons (Fsp3) is 0.182. The molecule has 0 bridgehead atoms. The average molecular weight is 436 g/mol. The number of imidazole rings is 1. The molecule has 0 saturated carbocycles. The molecule has 0 saturated heterocycles. The van der Waals surface area contributed by atoms with Crippen LogP contribution in [0, 0.1) is 20.8 Å². The zero-order valence-electron chi connectivity index (χ0n) is 16.4. The summed E-state index contributed by atoms with van der Waals surface area (Å²) in [4.78, 5) is 4.58. The summed E-state index contributed by atoms with van der Waals surface area (Å²) >= 11 is 3.63. The van der Waals surface area contributed by atoms with Crippen molar-refractivity contribution in [3.05, 3.63) is 75.5 Å². The van der Waals surface area contributed by atoms with Crippen molar-refractivity contribution < 1.29 is 0 Å². The van der Waals surface area contributed by atoms with Gasteiger partial charge in [0.2, 0.25) is 5.95 Å². The number of aryl methyl sites for hydroxylation is 3. The molecule has 0 aliphatic heterocycles. The number of anilines is 1. The second-order valence-corrected chi connectivity index (χ2v) is 7.80. The van der Waals surface area contributed by atoms with Crippen LogP contribution < -0.4 is 5.43 Å². The first-order valence-electron chi connectivity index (χ1n) is 9.11. The fourth-order valence-corrected chi connectivity index (χ4v) is 3.81. The summed E-state index contributed by atoms with van der Waals surface area (Å²) in [5, 5.41) is 4.43. The molecule has 142 valence electrons. The molecule has 0 amide bonds. The molecule has 0 atom stereocenters. The van der Waals surface area contributed by atoms with Gasteiger partial charge in [-0.15, -0.1) is 0 Å². The summed E-state index contributed by atoms with van der Waals surface area (Å²) < 4.78 is 5.34. The van der Waals surface area contributed by atoms with Gasteiger partial charge in [-0.25, -0.2) is 10.4 Å². The maximum Gasteiger partial charge on any atom is 0.224 e. The van der Waals surface area contributed by atoms with Crippen LogP contribution in [-0.2, 0) is 7.05 Å². The molecule has 4 aromatic rings. The van der Waals surface area contributed by atoms with Crippen LogP contribution in [0.4, 0.5) is 5.95 Å². The number of benzene rings is 2. The molecule has 0 radical (unpaired) electrons. The molecule has 2 aromatic heterocycles. The number of fused-ring (bicyclic) bond motifs is 1. The van der Waals surface area contributed by atoms with Gasteiger partial charge >= 0.3 is 0 Å². The lowest BCUT2D eigenvalue weighted by Gasteiger charge is -2.11. The number of aromatic nitrogens is 3. The fourth-order valence-electron chi connectivity index (χ4n) is 3.44. The van der Waals surface area contributed by atoms with Gasteiger partial charge in [-0.1, -0.05) is 34.1 Å². The van der Waals surface area contributed by atoms with E-state index in [1.165, 1.54) is 5.56 Å². The lowest BCUT2D eigenvalue weighted by molar-refractivity contribution is 0.943. The molecule has 2 heterocycles. The number of nitrogens with one attached hydrogen (secondary N) is 1. The number of hydrogen-bond acceptors (Lipinski definition) is 3. The molecule has 0 unspecified atom stereocenters. The van der Waals surface area contributed by atoms with Crippen molar-refractivity contribution in [1.82, 2.24) is 14.1 Å². The van der Waals surface area contributed by atoms with Gasteiger partial charge in [0.25, 0.3) is 0 Å². The Kier molecular flexibility index (Phi) is 4.81. The standard InChI is InChI=1S/C22H22BrN5/c1-14-9-10-18(12-19(14)23)28-15(2)11-17(16(28)3)13-24-26-22-25-20-7-5-6-8-21(20)27(22)4/h5-13H,1-4H3,(H,25,26)/b24-13-. The zero-order chi connectivity index (χ0) is 19.8. The minimum atomic E-state index is 0.716. The Labute approximate surface area is 172 Å². The molecule has 5 nitrogen and oxygen atoms in total. The molecule has 0 spiro atoms. The molecule has 0 aliphatic rings. The number of para-hydroxylation sites is 2. The molecule has 2 aromatic carbocycles. The Hall–Kier alpha value is -2.86. The van der Waals surface area contributed by atoms with E-state index in [1.54, 1.807) is 0 Å². The number of hydrogen-bond donors (Lipinski definition) is 1. The van der Waals surface area contributed by atoms with Crippen LogP contribution in [0.2, 0.25) is 0 Å². The van der Waals surface area contributed by atoms with Gasteiger partial charge in [0, 0.05) is 34.2 Å². The van der Waals surface area contributed by atoms with Crippen LogP contribution in [-0.4, -0.2) is 20.3 Å². The van der Waals surface area contributed by atoms with Gasteiger partial charge in [0.05, 0.1) is 17.2 Å². The second-order valence-electron chi connectivity index (χ2n) is 6.95. The van der Waals surface area contributed by atoms with E-state index in [2.05, 4.69) is 81.0 Å². The highest BCUT2D eigenvalue weighted by Crippen LogP contribution is 2.25.